The minimum atomic E-state index is -0.512. The van der Waals surface area contributed by atoms with Crippen molar-refractivity contribution < 1.29 is 14.3 Å². The van der Waals surface area contributed by atoms with Crippen molar-refractivity contribution in [3.05, 3.63) is 35.5 Å². The SMILES string of the molecule is COC(=O)n1ncc(-c2ccc(Cl)cc2)c1N1CCOCC1. The van der Waals surface area contributed by atoms with Crippen LogP contribution in [0.3, 0.4) is 0 Å². The molecule has 7 heteroatoms. The number of ether oxygens (including phenoxy) is 2. The first-order chi connectivity index (χ1) is 10.7. The molecule has 22 heavy (non-hydrogen) atoms. The fourth-order valence-corrected chi connectivity index (χ4v) is 2.60. The van der Waals surface area contributed by atoms with Gasteiger partial charge < -0.3 is 14.4 Å². The minimum Gasteiger partial charge on any atom is -0.451 e. The number of hydrogen-bond acceptors (Lipinski definition) is 5. The van der Waals surface area contributed by atoms with Crippen LogP contribution in [0.4, 0.5) is 10.6 Å². The molecule has 3 rings (SSSR count). The molecule has 1 aliphatic heterocycles. The molecule has 116 valence electrons. The van der Waals surface area contributed by atoms with Gasteiger partial charge in [-0.05, 0) is 17.7 Å². The van der Waals surface area contributed by atoms with Crippen LogP contribution in [-0.2, 0) is 9.47 Å². The molecule has 0 N–H and O–H groups in total. The van der Waals surface area contributed by atoms with Gasteiger partial charge in [-0.15, -0.1) is 4.68 Å². The van der Waals surface area contributed by atoms with Gasteiger partial charge in [-0.3, -0.25) is 0 Å². The number of carbonyl (C=O) groups excluding carboxylic acids is 1. The van der Waals surface area contributed by atoms with Crippen LogP contribution in [0, 0.1) is 0 Å². The van der Waals surface area contributed by atoms with Crippen molar-refractivity contribution >= 4 is 23.5 Å². The first-order valence-electron chi connectivity index (χ1n) is 6.95. The van der Waals surface area contributed by atoms with E-state index in [1.165, 1.54) is 11.8 Å². The van der Waals surface area contributed by atoms with Crippen LogP contribution in [0.15, 0.2) is 30.5 Å². The number of anilines is 1. The van der Waals surface area contributed by atoms with E-state index >= 15 is 0 Å². The summed E-state index contributed by atoms with van der Waals surface area (Å²) in [6, 6.07) is 7.45. The third kappa shape index (κ3) is 2.80. The van der Waals surface area contributed by atoms with E-state index in [0.717, 1.165) is 16.9 Å². The van der Waals surface area contributed by atoms with Crippen molar-refractivity contribution in [3.63, 3.8) is 0 Å². The quantitative estimate of drug-likeness (QED) is 0.851. The van der Waals surface area contributed by atoms with Gasteiger partial charge in [-0.1, -0.05) is 23.7 Å². The van der Waals surface area contributed by atoms with E-state index in [1.54, 1.807) is 6.20 Å². The number of benzene rings is 1. The Morgan fingerprint density at radius 3 is 2.59 bits per heavy atom. The lowest BCUT2D eigenvalue weighted by atomic mass is 10.1. The molecule has 0 unspecified atom stereocenters. The number of nitrogens with zero attached hydrogens (tertiary/aromatic N) is 3. The zero-order valence-electron chi connectivity index (χ0n) is 12.2. The Kier molecular flexibility index (Phi) is 4.31. The molecule has 1 aliphatic rings. The van der Waals surface area contributed by atoms with Gasteiger partial charge in [0.15, 0.2) is 0 Å². The number of aromatic nitrogens is 2. The summed E-state index contributed by atoms with van der Waals surface area (Å²) in [7, 11) is 1.34. The summed E-state index contributed by atoms with van der Waals surface area (Å²) in [5.41, 5.74) is 1.81. The minimum absolute atomic E-state index is 0.512. The van der Waals surface area contributed by atoms with Gasteiger partial charge in [0, 0.05) is 23.7 Å². The second kappa shape index (κ2) is 6.37. The number of methoxy groups -OCH3 is 1. The van der Waals surface area contributed by atoms with E-state index in [1.807, 2.05) is 24.3 Å². The van der Waals surface area contributed by atoms with Gasteiger partial charge in [-0.2, -0.15) is 5.10 Å². The molecule has 0 aliphatic carbocycles. The van der Waals surface area contributed by atoms with Crippen LogP contribution in [-0.4, -0.2) is 49.3 Å². The molecular weight excluding hydrogens is 306 g/mol. The molecule has 0 amide bonds. The van der Waals surface area contributed by atoms with Crippen molar-refractivity contribution in [3.8, 4) is 11.1 Å². The first-order valence-corrected chi connectivity index (χ1v) is 7.33. The molecule has 2 aromatic rings. The maximum atomic E-state index is 12.0. The number of carbonyl (C=O) groups is 1. The standard InChI is InChI=1S/C15H16ClN3O3/c1-21-15(20)19-14(18-6-8-22-9-7-18)13(10-17-19)11-2-4-12(16)5-3-11/h2-5,10H,6-9H2,1H3. The zero-order valence-corrected chi connectivity index (χ0v) is 12.9. The summed E-state index contributed by atoms with van der Waals surface area (Å²) in [6.07, 6.45) is 1.16. The largest absolute Gasteiger partial charge is 0.451 e. The van der Waals surface area contributed by atoms with Gasteiger partial charge in [0.2, 0.25) is 0 Å². The Balaban J connectivity index is 2.07. The van der Waals surface area contributed by atoms with Crippen LogP contribution in [0.25, 0.3) is 11.1 Å². The Bertz CT molecular complexity index is 663. The molecule has 0 radical (unpaired) electrons. The Morgan fingerprint density at radius 1 is 1.27 bits per heavy atom. The molecule has 1 aromatic carbocycles. The Labute approximate surface area is 133 Å². The Morgan fingerprint density at radius 2 is 1.95 bits per heavy atom. The number of halogens is 1. The lowest BCUT2D eigenvalue weighted by Gasteiger charge is -2.29. The highest BCUT2D eigenvalue weighted by Crippen LogP contribution is 2.32. The smallest absolute Gasteiger partial charge is 0.436 e. The lowest BCUT2D eigenvalue weighted by molar-refractivity contribution is 0.121. The van der Waals surface area contributed by atoms with Gasteiger partial charge in [0.05, 0.1) is 26.5 Å². The molecular formula is C15H16ClN3O3. The maximum absolute atomic E-state index is 12.0. The highest BCUT2D eigenvalue weighted by atomic mass is 35.5. The van der Waals surface area contributed by atoms with Crippen molar-refractivity contribution in [1.29, 1.82) is 0 Å². The molecule has 6 nitrogen and oxygen atoms in total. The summed E-state index contributed by atoms with van der Waals surface area (Å²) in [4.78, 5) is 14.1. The molecule has 2 heterocycles. The number of morpholine rings is 1. The Hall–Kier alpha value is -2.05. The number of hydrogen-bond donors (Lipinski definition) is 0. The van der Waals surface area contributed by atoms with Gasteiger partial charge in [0.1, 0.15) is 5.82 Å². The predicted octanol–water partition coefficient (Wildman–Crippen LogP) is 2.65. The molecule has 0 bridgehead atoms. The fourth-order valence-electron chi connectivity index (χ4n) is 2.47. The summed E-state index contributed by atoms with van der Waals surface area (Å²) in [6.45, 7) is 2.63. The maximum Gasteiger partial charge on any atom is 0.436 e. The third-order valence-electron chi connectivity index (χ3n) is 3.56. The topological polar surface area (TPSA) is 56.6 Å². The van der Waals surface area contributed by atoms with E-state index in [0.29, 0.717) is 31.3 Å². The molecule has 0 saturated carbocycles. The second-order valence-electron chi connectivity index (χ2n) is 4.87. The molecule has 1 fully saturated rings. The lowest BCUT2D eigenvalue weighted by Crippen LogP contribution is -2.38. The van der Waals surface area contributed by atoms with Gasteiger partial charge in [-0.25, -0.2) is 4.79 Å². The van der Waals surface area contributed by atoms with E-state index in [2.05, 4.69) is 10.00 Å². The van der Waals surface area contributed by atoms with Crippen molar-refractivity contribution in [1.82, 2.24) is 9.78 Å². The summed E-state index contributed by atoms with van der Waals surface area (Å²) < 4.78 is 11.5. The van der Waals surface area contributed by atoms with Crippen molar-refractivity contribution in [2.24, 2.45) is 0 Å². The highest BCUT2D eigenvalue weighted by Gasteiger charge is 2.24. The molecule has 1 saturated heterocycles. The van der Waals surface area contributed by atoms with E-state index < -0.39 is 6.09 Å². The zero-order chi connectivity index (χ0) is 15.5. The van der Waals surface area contributed by atoms with E-state index in [-0.39, 0.29) is 0 Å². The monoisotopic (exact) mass is 321 g/mol. The van der Waals surface area contributed by atoms with Gasteiger partial charge >= 0.3 is 6.09 Å². The van der Waals surface area contributed by atoms with Crippen LogP contribution < -0.4 is 4.90 Å². The third-order valence-corrected chi connectivity index (χ3v) is 3.81. The second-order valence-corrected chi connectivity index (χ2v) is 5.31. The average molecular weight is 322 g/mol. The van der Waals surface area contributed by atoms with Crippen LogP contribution >= 0.6 is 11.6 Å². The van der Waals surface area contributed by atoms with Crippen LogP contribution in [0.5, 0.6) is 0 Å². The highest BCUT2D eigenvalue weighted by molar-refractivity contribution is 6.30. The van der Waals surface area contributed by atoms with Crippen molar-refractivity contribution in [2.75, 3.05) is 38.3 Å². The first kappa shape index (κ1) is 14.9. The molecule has 0 atom stereocenters. The normalized spacial score (nSPS) is 14.9. The molecule has 0 spiro atoms. The summed E-state index contributed by atoms with van der Waals surface area (Å²) >= 11 is 5.94. The molecule has 1 aromatic heterocycles. The van der Waals surface area contributed by atoms with Gasteiger partial charge in [0.25, 0.3) is 0 Å². The number of rotatable bonds is 2. The van der Waals surface area contributed by atoms with E-state index in [9.17, 15) is 4.79 Å². The van der Waals surface area contributed by atoms with Crippen LogP contribution in [0.2, 0.25) is 5.02 Å². The fraction of sp³-hybridized carbons (Fsp3) is 0.333. The van der Waals surface area contributed by atoms with Crippen molar-refractivity contribution in [2.45, 2.75) is 0 Å². The van der Waals surface area contributed by atoms with Crippen LogP contribution in [0.1, 0.15) is 0 Å². The van der Waals surface area contributed by atoms with E-state index in [4.69, 9.17) is 21.1 Å². The average Bonchev–Trinajstić information content (AvgIpc) is 3.00. The summed E-state index contributed by atoms with van der Waals surface area (Å²) in [5.74, 6) is 0.720. The predicted molar refractivity (Wildman–Crippen MR) is 83.5 cm³/mol. The summed E-state index contributed by atoms with van der Waals surface area (Å²) in [5, 5.41) is 4.85.